The summed E-state index contributed by atoms with van der Waals surface area (Å²) in [5.41, 5.74) is 0. The van der Waals surface area contributed by atoms with Crippen LogP contribution in [0.4, 0.5) is 13.2 Å². The van der Waals surface area contributed by atoms with Gasteiger partial charge in [0.2, 0.25) is 5.91 Å². The summed E-state index contributed by atoms with van der Waals surface area (Å²) in [6.45, 7) is 3.05. The molecule has 2 N–H and O–H groups in total. The summed E-state index contributed by atoms with van der Waals surface area (Å²) in [6, 6.07) is -1.17. The fourth-order valence-corrected chi connectivity index (χ4v) is 3.10. The third kappa shape index (κ3) is 11.2. The lowest BCUT2D eigenvalue weighted by Gasteiger charge is -2.44. The minimum Gasteiger partial charge on any atom is -0.463 e. The lowest BCUT2D eigenvalue weighted by molar-refractivity contribution is -0.279. The summed E-state index contributed by atoms with van der Waals surface area (Å²) in [5, 5.41) is 4.14. The van der Waals surface area contributed by atoms with E-state index in [0.29, 0.717) is 0 Å². The van der Waals surface area contributed by atoms with E-state index in [9.17, 15) is 37.1 Å². The summed E-state index contributed by atoms with van der Waals surface area (Å²) in [6.07, 6.45) is -10.1. The number of amides is 2. The summed E-state index contributed by atoms with van der Waals surface area (Å²) in [5.74, 6) is -4.87. The molecule has 1 rings (SSSR count). The van der Waals surface area contributed by atoms with E-state index in [1.807, 2.05) is 0 Å². The van der Waals surface area contributed by atoms with E-state index in [1.54, 1.807) is 5.32 Å². The number of esters is 3. The van der Waals surface area contributed by atoms with Crippen molar-refractivity contribution in [1.82, 2.24) is 10.6 Å². The number of alkyl halides is 3. The van der Waals surface area contributed by atoms with Crippen LogP contribution in [0.25, 0.3) is 0 Å². The van der Waals surface area contributed by atoms with Crippen molar-refractivity contribution >= 4 is 29.7 Å². The number of hydrogen-bond donors (Lipinski definition) is 2. The molecule has 0 saturated carbocycles. The maximum Gasteiger partial charge on any atom is 0.471 e. The Morgan fingerprint density at radius 3 is 2.00 bits per heavy atom. The van der Waals surface area contributed by atoms with E-state index in [2.05, 4.69) is 5.32 Å². The van der Waals surface area contributed by atoms with Gasteiger partial charge in [0, 0.05) is 34.2 Å². The summed E-state index contributed by atoms with van der Waals surface area (Å²) in [4.78, 5) is 57.3. The van der Waals surface area contributed by atoms with Gasteiger partial charge in [-0.05, 0) is 0 Å². The van der Waals surface area contributed by atoms with E-state index in [0.717, 1.165) is 20.8 Å². The average Bonchev–Trinajstić information content (AvgIpc) is 2.73. The highest BCUT2D eigenvalue weighted by molar-refractivity contribution is 5.81. The predicted molar refractivity (Wildman–Crippen MR) is 110 cm³/mol. The first kappa shape index (κ1) is 31.1. The molecular weight excluding hydrogens is 501 g/mol. The van der Waals surface area contributed by atoms with Crippen LogP contribution in [0.5, 0.6) is 0 Å². The van der Waals surface area contributed by atoms with Gasteiger partial charge in [-0.2, -0.15) is 13.2 Å². The SMILES string of the molecule is CC(=O)N[C@H]1[C@H](OCCOCCNC(=O)C(F)(F)F)O[C@H](COC(C)=O)[C@H](OC(C)=O)[C@@H]1OC(C)=O. The normalized spacial score (nSPS) is 23.8. The van der Waals surface area contributed by atoms with Gasteiger partial charge in [-0.25, -0.2) is 0 Å². The molecule has 206 valence electrons. The van der Waals surface area contributed by atoms with E-state index >= 15 is 0 Å². The smallest absolute Gasteiger partial charge is 0.463 e. The highest BCUT2D eigenvalue weighted by atomic mass is 19.4. The van der Waals surface area contributed by atoms with Crippen molar-refractivity contribution in [1.29, 1.82) is 0 Å². The molecule has 1 aliphatic rings. The number of nitrogens with one attached hydrogen (secondary N) is 2. The number of ether oxygens (including phenoxy) is 6. The second-order valence-corrected chi connectivity index (χ2v) is 7.46. The number of carbonyl (C=O) groups excluding carboxylic acids is 5. The van der Waals surface area contributed by atoms with Gasteiger partial charge < -0.3 is 39.1 Å². The molecule has 1 aliphatic heterocycles. The molecule has 0 aromatic carbocycles. The molecule has 0 aliphatic carbocycles. The molecule has 2 amide bonds. The number of rotatable bonds is 12. The first-order valence-electron chi connectivity index (χ1n) is 10.7. The molecule has 0 bridgehead atoms. The molecule has 36 heavy (non-hydrogen) atoms. The van der Waals surface area contributed by atoms with Crippen LogP contribution in [0.3, 0.4) is 0 Å². The molecule has 16 heteroatoms. The quantitative estimate of drug-likeness (QED) is 0.187. The molecule has 0 unspecified atom stereocenters. The van der Waals surface area contributed by atoms with Crippen LogP contribution >= 0.6 is 0 Å². The Labute approximate surface area is 204 Å². The molecule has 1 heterocycles. The van der Waals surface area contributed by atoms with Gasteiger partial charge in [0.25, 0.3) is 0 Å². The zero-order valence-corrected chi connectivity index (χ0v) is 20.0. The number of halogens is 3. The minimum atomic E-state index is -5.01. The van der Waals surface area contributed by atoms with Crippen LogP contribution < -0.4 is 10.6 Å². The Bertz CT molecular complexity index is 793. The van der Waals surface area contributed by atoms with Crippen molar-refractivity contribution < 1.29 is 65.6 Å². The van der Waals surface area contributed by atoms with Crippen LogP contribution in [-0.4, -0.2) is 99.5 Å². The van der Waals surface area contributed by atoms with Gasteiger partial charge in [0.1, 0.15) is 18.8 Å². The third-order valence-electron chi connectivity index (χ3n) is 4.37. The monoisotopic (exact) mass is 530 g/mol. The van der Waals surface area contributed by atoms with Crippen molar-refractivity contribution in [3.8, 4) is 0 Å². The van der Waals surface area contributed by atoms with E-state index in [-0.39, 0.29) is 19.8 Å². The Hall–Kier alpha value is -2.98. The number of carbonyl (C=O) groups is 5. The Morgan fingerprint density at radius 2 is 1.47 bits per heavy atom. The Balaban J connectivity index is 2.89. The molecule has 0 aromatic heterocycles. The highest BCUT2D eigenvalue weighted by Gasteiger charge is 2.51. The van der Waals surface area contributed by atoms with Gasteiger partial charge in [-0.15, -0.1) is 0 Å². The van der Waals surface area contributed by atoms with Crippen molar-refractivity contribution in [2.75, 3.05) is 33.0 Å². The first-order chi connectivity index (χ1) is 16.7. The van der Waals surface area contributed by atoms with Gasteiger partial charge in [-0.1, -0.05) is 0 Å². The van der Waals surface area contributed by atoms with Crippen molar-refractivity contribution in [2.24, 2.45) is 0 Å². The maximum absolute atomic E-state index is 12.1. The summed E-state index contributed by atoms with van der Waals surface area (Å²) >= 11 is 0. The van der Waals surface area contributed by atoms with E-state index < -0.39 is 79.7 Å². The fraction of sp³-hybridized carbons (Fsp3) is 0.750. The molecular formula is C20H29F3N2O11. The minimum absolute atomic E-state index is 0.158. The highest BCUT2D eigenvalue weighted by Crippen LogP contribution is 2.28. The first-order valence-corrected chi connectivity index (χ1v) is 10.7. The lowest BCUT2D eigenvalue weighted by Crippen LogP contribution is -2.66. The summed E-state index contributed by atoms with van der Waals surface area (Å²) in [7, 11) is 0. The zero-order chi connectivity index (χ0) is 27.5. The standard InChI is InChI=1S/C20H29F3N2O11/c1-10(26)25-15-17(35-13(4)29)16(34-12(3)28)14(9-33-11(2)27)36-18(15)32-8-7-31-6-5-24-19(30)20(21,22)23/h14-18H,5-9H2,1-4H3,(H,24,30)(H,25,26)/t14-,15-,16+,17-,18-/m1/s1. The van der Waals surface area contributed by atoms with Crippen LogP contribution in [0.1, 0.15) is 27.7 Å². The fourth-order valence-electron chi connectivity index (χ4n) is 3.10. The molecule has 1 saturated heterocycles. The van der Waals surface area contributed by atoms with Gasteiger partial charge in [0.05, 0.1) is 19.8 Å². The van der Waals surface area contributed by atoms with Crippen molar-refractivity contribution in [3.63, 3.8) is 0 Å². The predicted octanol–water partition coefficient (Wildman–Crippen LogP) is -0.646. The maximum atomic E-state index is 12.1. The van der Waals surface area contributed by atoms with E-state index in [4.69, 9.17) is 28.4 Å². The zero-order valence-electron chi connectivity index (χ0n) is 20.0. The van der Waals surface area contributed by atoms with Crippen LogP contribution in [0, 0.1) is 0 Å². The summed E-state index contributed by atoms with van der Waals surface area (Å²) < 4.78 is 68.4. The van der Waals surface area contributed by atoms with Gasteiger partial charge in [0.15, 0.2) is 18.5 Å². The third-order valence-corrected chi connectivity index (χ3v) is 4.37. The molecule has 1 fully saturated rings. The Kier molecular flexibility index (Phi) is 12.5. The molecule has 13 nitrogen and oxygen atoms in total. The van der Waals surface area contributed by atoms with Crippen molar-refractivity contribution in [2.45, 2.75) is 64.5 Å². The number of hydrogen-bond acceptors (Lipinski definition) is 11. The van der Waals surface area contributed by atoms with Gasteiger partial charge in [-0.3, -0.25) is 24.0 Å². The Morgan fingerprint density at radius 1 is 0.861 bits per heavy atom. The second kappa shape index (κ2) is 14.5. The second-order valence-electron chi connectivity index (χ2n) is 7.46. The molecule has 0 aromatic rings. The lowest BCUT2D eigenvalue weighted by atomic mass is 9.96. The molecule has 0 spiro atoms. The van der Waals surface area contributed by atoms with Crippen LogP contribution in [0.2, 0.25) is 0 Å². The van der Waals surface area contributed by atoms with E-state index in [1.165, 1.54) is 6.92 Å². The molecule has 5 atom stereocenters. The molecule has 0 radical (unpaired) electrons. The van der Waals surface area contributed by atoms with Crippen LogP contribution in [-0.2, 0) is 52.4 Å². The average molecular weight is 530 g/mol. The van der Waals surface area contributed by atoms with Crippen LogP contribution in [0.15, 0.2) is 0 Å². The van der Waals surface area contributed by atoms with Gasteiger partial charge >= 0.3 is 30.0 Å². The largest absolute Gasteiger partial charge is 0.471 e. The van der Waals surface area contributed by atoms with Crippen molar-refractivity contribution in [3.05, 3.63) is 0 Å². The topological polar surface area (TPSA) is 165 Å².